The van der Waals surface area contributed by atoms with Gasteiger partial charge < -0.3 is 10.2 Å². The molecule has 162 valence electrons. The molecule has 3 heterocycles. The molecule has 0 aromatic carbocycles. The van der Waals surface area contributed by atoms with Crippen molar-refractivity contribution in [1.82, 2.24) is 15.2 Å². The molecular formula is C21H28N4O3S2. The first kappa shape index (κ1) is 22.4. The van der Waals surface area contributed by atoms with Crippen molar-refractivity contribution in [3.63, 3.8) is 0 Å². The van der Waals surface area contributed by atoms with Gasteiger partial charge in [-0.25, -0.2) is 4.98 Å². The van der Waals surface area contributed by atoms with E-state index >= 15 is 0 Å². The second-order valence-corrected chi connectivity index (χ2v) is 9.37. The third kappa shape index (κ3) is 5.89. The van der Waals surface area contributed by atoms with Crippen LogP contribution in [0.2, 0.25) is 0 Å². The summed E-state index contributed by atoms with van der Waals surface area (Å²) < 4.78 is 0. The molecule has 0 spiro atoms. The van der Waals surface area contributed by atoms with E-state index in [1.54, 1.807) is 16.3 Å². The van der Waals surface area contributed by atoms with Crippen LogP contribution in [-0.4, -0.2) is 46.7 Å². The standard InChI is InChI=1S/C21H28N4O3S2/c1-3-4-9-22-19(27)15-8-7-14(2)25(12-15)18(26)11-16-13-30-21(23-16)24-20(28)17-6-5-10-29-17/h5-6,10,13-15H,3-4,7-9,11-12H2,1-2H3,(H,22,27)(H,23,24,28)/t14-,15+/m0/s1. The Morgan fingerprint density at radius 1 is 1.27 bits per heavy atom. The molecule has 3 amide bonds. The molecule has 1 aliphatic heterocycles. The predicted molar refractivity (Wildman–Crippen MR) is 120 cm³/mol. The van der Waals surface area contributed by atoms with Crippen LogP contribution in [0.25, 0.3) is 0 Å². The van der Waals surface area contributed by atoms with Crippen LogP contribution in [0, 0.1) is 5.92 Å². The minimum absolute atomic E-state index is 0.0324. The van der Waals surface area contributed by atoms with Crippen LogP contribution < -0.4 is 10.6 Å². The number of nitrogens with zero attached hydrogens (tertiary/aromatic N) is 2. The number of rotatable bonds is 8. The molecule has 9 heteroatoms. The summed E-state index contributed by atoms with van der Waals surface area (Å²) in [7, 11) is 0. The van der Waals surface area contributed by atoms with Crippen LogP contribution in [0.1, 0.15) is 54.9 Å². The number of carbonyl (C=O) groups is 3. The van der Waals surface area contributed by atoms with Gasteiger partial charge >= 0.3 is 0 Å². The summed E-state index contributed by atoms with van der Waals surface area (Å²) in [6, 6.07) is 3.68. The molecule has 0 bridgehead atoms. The zero-order valence-corrected chi connectivity index (χ0v) is 19.0. The van der Waals surface area contributed by atoms with E-state index in [1.807, 2.05) is 18.4 Å². The Morgan fingerprint density at radius 3 is 2.83 bits per heavy atom. The Bertz CT molecular complexity index is 865. The zero-order chi connectivity index (χ0) is 21.5. The summed E-state index contributed by atoms with van der Waals surface area (Å²) in [5.41, 5.74) is 0.633. The molecule has 0 aliphatic carbocycles. The molecule has 2 atom stereocenters. The second kappa shape index (κ2) is 10.7. The summed E-state index contributed by atoms with van der Waals surface area (Å²) in [6.07, 6.45) is 3.79. The maximum absolute atomic E-state index is 12.9. The van der Waals surface area contributed by atoms with E-state index < -0.39 is 0 Å². The highest BCUT2D eigenvalue weighted by Crippen LogP contribution is 2.24. The number of anilines is 1. The minimum Gasteiger partial charge on any atom is -0.356 e. The quantitative estimate of drug-likeness (QED) is 0.604. The number of piperidine rings is 1. The number of carbonyl (C=O) groups excluding carboxylic acids is 3. The van der Waals surface area contributed by atoms with E-state index in [0.717, 1.165) is 25.7 Å². The Morgan fingerprint density at radius 2 is 2.10 bits per heavy atom. The molecule has 0 saturated carbocycles. The Kier molecular flexibility index (Phi) is 7.98. The summed E-state index contributed by atoms with van der Waals surface area (Å²) in [6.45, 7) is 5.25. The average molecular weight is 449 g/mol. The van der Waals surface area contributed by atoms with Gasteiger partial charge in [0.05, 0.1) is 22.9 Å². The first-order valence-electron chi connectivity index (χ1n) is 10.3. The van der Waals surface area contributed by atoms with E-state index in [2.05, 4.69) is 22.5 Å². The SMILES string of the molecule is CCCCNC(=O)[C@@H]1CC[C@H](C)N(C(=O)Cc2csc(NC(=O)c3cccs3)n2)C1. The van der Waals surface area contributed by atoms with Crippen molar-refractivity contribution in [2.45, 2.75) is 52.0 Å². The number of unbranched alkanes of at least 4 members (excludes halogenated alkanes) is 1. The van der Waals surface area contributed by atoms with Gasteiger partial charge in [-0.2, -0.15) is 0 Å². The summed E-state index contributed by atoms with van der Waals surface area (Å²) in [5.74, 6) is -0.340. The number of hydrogen-bond acceptors (Lipinski definition) is 6. The minimum atomic E-state index is -0.196. The fourth-order valence-electron chi connectivity index (χ4n) is 3.47. The lowest BCUT2D eigenvalue weighted by atomic mass is 9.92. The molecule has 1 aliphatic rings. The third-order valence-electron chi connectivity index (χ3n) is 5.25. The Balaban J connectivity index is 1.54. The molecule has 0 radical (unpaired) electrons. The van der Waals surface area contributed by atoms with Crippen LogP contribution in [-0.2, 0) is 16.0 Å². The van der Waals surface area contributed by atoms with Crippen LogP contribution >= 0.6 is 22.7 Å². The van der Waals surface area contributed by atoms with E-state index in [0.29, 0.717) is 28.8 Å². The number of hydrogen-bond donors (Lipinski definition) is 2. The number of thiazole rings is 1. The van der Waals surface area contributed by atoms with Crippen LogP contribution in [0.4, 0.5) is 5.13 Å². The largest absolute Gasteiger partial charge is 0.356 e. The lowest BCUT2D eigenvalue weighted by molar-refractivity contribution is -0.137. The number of thiophene rings is 1. The third-order valence-corrected chi connectivity index (χ3v) is 6.93. The van der Waals surface area contributed by atoms with Gasteiger partial charge in [0.1, 0.15) is 0 Å². The van der Waals surface area contributed by atoms with Crippen LogP contribution in [0.3, 0.4) is 0 Å². The molecular weight excluding hydrogens is 420 g/mol. The van der Waals surface area contributed by atoms with Crippen molar-refractivity contribution in [3.8, 4) is 0 Å². The first-order chi connectivity index (χ1) is 14.5. The number of amides is 3. The van der Waals surface area contributed by atoms with Crippen molar-refractivity contribution < 1.29 is 14.4 Å². The Labute approximate surface area is 184 Å². The molecule has 1 saturated heterocycles. The van der Waals surface area contributed by atoms with E-state index in [4.69, 9.17) is 0 Å². The number of likely N-dealkylation sites (tertiary alicyclic amines) is 1. The van der Waals surface area contributed by atoms with Crippen LogP contribution in [0.15, 0.2) is 22.9 Å². The van der Waals surface area contributed by atoms with Gasteiger partial charge in [-0.1, -0.05) is 19.4 Å². The summed E-state index contributed by atoms with van der Waals surface area (Å²) in [4.78, 5) is 44.3. The highest BCUT2D eigenvalue weighted by molar-refractivity contribution is 7.14. The fraction of sp³-hybridized carbons (Fsp3) is 0.524. The van der Waals surface area contributed by atoms with Crippen molar-refractivity contribution in [3.05, 3.63) is 33.5 Å². The topological polar surface area (TPSA) is 91.4 Å². The molecule has 2 N–H and O–H groups in total. The predicted octanol–water partition coefficient (Wildman–Crippen LogP) is 3.54. The molecule has 2 aromatic heterocycles. The summed E-state index contributed by atoms with van der Waals surface area (Å²) in [5, 5.41) is 9.88. The zero-order valence-electron chi connectivity index (χ0n) is 17.3. The molecule has 3 rings (SSSR count). The first-order valence-corrected chi connectivity index (χ1v) is 12.1. The number of aromatic nitrogens is 1. The lowest BCUT2D eigenvalue weighted by Crippen LogP contribution is -2.50. The second-order valence-electron chi connectivity index (χ2n) is 7.57. The lowest BCUT2D eigenvalue weighted by Gasteiger charge is -2.37. The normalized spacial score (nSPS) is 18.8. The van der Waals surface area contributed by atoms with Crippen molar-refractivity contribution in [2.24, 2.45) is 5.92 Å². The van der Waals surface area contributed by atoms with Gasteiger partial charge in [-0.15, -0.1) is 22.7 Å². The molecule has 2 aromatic rings. The summed E-state index contributed by atoms with van der Waals surface area (Å²) >= 11 is 2.67. The molecule has 1 fully saturated rings. The van der Waals surface area contributed by atoms with Gasteiger partial charge in [0.25, 0.3) is 5.91 Å². The van der Waals surface area contributed by atoms with E-state index in [1.165, 1.54) is 22.7 Å². The highest BCUT2D eigenvalue weighted by atomic mass is 32.1. The van der Waals surface area contributed by atoms with Crippen LogP contribution in [0.5, 0.6) is 0 Å². The average Bonchev–Trinajstić information content (AvgIpc) is 3.40. The fourth-order valence-corrected chi connectivity index (χ4v) is 4.79. The monoisotopic (exact) mass is 448 g/mol. The number of nitrogens with one attached hydrogen (secondary N) is 2. The van der Waals surface area contributed by atoms with Crippen molar-refractivity contribution >= 4 is 45.5 Å². The van der Waals surface area contributed by atoms with Crippen molar-refractivity contribution in [1.29, 1.82) is 0 Å². The highest BCUT2D eigenvalue weighted by Gasteiger charge is 2.32. The maximum atomic E-state index is 12.9. The van der Waals surface area contributed by atoms with E-state index in [9.17, 15) is 14.4 Å². The molecule has 30 heavy (non-hydrogen) atoms. The smallest absolute Gasteiger partial charge is 0.267 e. The molecule has 0 unspecified atom stereocenters. The van der Waals surface area contributed by atoms with Crippen molar-refractivity contribution in [2.75, 3.05) is 18.4 Å². The van der Waals surface area contributed by atoms with E-state index in [-0.39, 0.29) is 36.1 Å². The maximum Gasteiger partial charge on any atom is 0.267 e. The Hall–Kier alpha value is -2.26. The molecule has 7 nitrogen and oxygen atoms in total. The van der Waals surface area contributed by atoms with Gasteiger partial charge in [0, 0.05) is 24.5 Å². The van der Waals surface area contributed by atoms with Gasteiger partial charge in [0.2, 0.25) is 11.8 Å². The van der Waals surface area contributed by atoms with Gasteiger partial charge in [-0.05, 0) is 37.6 Å². The van der Waals surface area contributed by atoms with Gasteiger partial charge in [-0.3, -0.25) is 19.7 Å². The van der Waals surface area contributed by atoms with Gasteiger partial charge in [0.15, 0.2) is 5.13 Å².